The molecule has 2 aromatic carbocycles. The van der Waals surface area contributed by atoms with Crippen LogP contribution in [0.1, 0.15) is 25.0 Å². The van der Waals surface area contributed by atoms with Crippen molar-refractivity contribution in [2.75, 3.05) is 19.7 Å². The molecule has 0 spiro atoms. The van der Waals surface area contributed by atoms with Crippen molar-refractivity contribution in [3.05, 3.63) is 94.9 Å². The molecule has 0 radical (unpaired) electrons. The Kier molecular flexibility index (Phi) is 6.49. The molecule has 33 heavy (non-hydrogen) atoms. The first kappa shape index (κ1) is 21.4. The number of likely N-dealkylation sites (tertiary alicyclic amines) is 1. The van der Waals surface area contributed by atoms with Crippen LogP contribution in [0.25, 0.3) is 22.3 Å². The van der Waals surface area contributed by atoms with Gasteiger partial charge < -0.3 is 9.15 Å². The molecule has 0 atom stereocenters. The number of rotatable bonds is 7. The Bertz CT molecular complexity index is 1240. The highest BCUT2D eigenvalue weighted by Crippen LogP contribution is 2.25. The average molecular weight is 441 g/mol. The zero-order chi connectivity index (χ0) is 22.5. The van der Waals surface area contributed by atoms with Gasteiger partial charge in [-0.2, -0.15) is 0 Å². The minimum Gasteiger partial charge on any atom is -0.494 e. The fraction of sp³-hybridized carbons (Fsp3) is 0.286. The van der Waals surface area contributed by atoms with E-state index in [4.69, 9.17) is 9.15 Å². The van der Waals surface area contributed by atoms with E-state index in [0.717, 1.165) is 49.7 Å². The summed E-state index contributed by atoms with van der Waals surface area (Å²) >= 11 is 0. The van der Waals surface area contributed by atoms with Crippen molar-refractivity contribution >= 4 is 11.0 Å². The smallest absolute Gasteiger partial charge is 0.193 e. The third kappa shape index (κ3) is 5.32. The summed E-state index contributed by atoms with van der Waals surface area (Å²) in [6.07, 6.45) is 5.34. The van der Waals surface area contributed by atoms with Crippen molar-refractivity contribution in [1.29, 1.82) is 0 Å². The molecule has 0 bridgehead atoms. The zero-order valence-corrected chi connectivity index (χ0v) is 18.7. The molecular formula is C28H28N2O3. The van der Waals surface area contributed by atoms with E-state index in [2.05, 4.69) is 22.0 Å². The number of hydrogen-bond acceptors (Lipinski definition) is 5. The molecule has 5 heteroatoms. The van der Waals surface area contributed by atoms with E-state index in [9.17, 15) is 4.79 Å². The van der Waals surface area contributed by atoms with Gasteiger partial charge in [0.1, 0.15) is 17.1 Å². The summed E-state index contributed by atoms with van der Waals surface area (Å²) in [7, 11) is 0. The van der Waals surface area contributed by atoms with Gasteiger partial charge in [0.05, 0.1) is 17.7 Å². The van der Waals surface area contributed by atoms with Crippen LogP contribution in [0.15, 0.2) is 88.2 Å². The maximum Gasteiger partial charge on any atom is 0.193 e. The highest BCUT2D eigenvalue weighted by molar-refractivity contribution is 5.78. The predicted molar refractivity (Wildman–Crippen MR) is 130 cm³/mol. The quantitative estimate of drug-likeness (QED) is 0.378. The molecule has 5 nitrogen and oxygen atoms in total. The molecule has 0 unspecified atom stereocenters. The van der Waals surface area contributed by atoms with Gasteiger partial charge in [0.15, 0.2) is 5.43 Å². The minimum absolute atomic E-state index is 0.0294. The second-order valence-corrected chi connectivity index (χ2v) is 8.67. The standard InChI is InChI=1S/C28H28N2O3/c31-26-19-28(33-27-7-2-1-6-25(26)27)22-8-10-24(11-9-22)32-18-14-21-12-16-30(17-13-21)20-23-5-3-4-15-29-23/h1-11,15,19,21H,12-14,16-18,20H2. The van der Waals surface area contributed by atoms with Crippen LogP contribution < -0.4 is 10.2 Å². The van der Waals surface area contributed by atoms with Crippen LogP contribution in [-0.4, -0.2) is 29.6 Å². The number of piperidine rings is 1. The SMILES string of the molecule is O=c1cc(-c2ccc(OCCC3CCN(Cc4ccccn4)CC3)cc2)oc2ccccc12. The van der Waals surface area contributed by atoms with Gasteiger partial charge in [-0.1, -0.05) is 18.2 Å². The molecule has 168 valence electrons. The fourth-order valence-electron chi connectivity index (χ4n) is 4.46. The van der Waals surface area contributed by atoms with E-state index in [0.29, 0.717) is 22.6 Å². The molecule has 3 heterocycles. The Labute approximate surface area is 193 Å². The molecule has 0 amide bonds. The van der Waals surface area contributed by atoms with Crippen molar-refractivity contribution in [3.8, 4) is 17.1 Å². The van der Waals surface area contributed by atoms with Crippen LogP contribution >= 0.6 is 0 Å². The Morgan fingerprint density at radius 2 is 1.76 bits per heavy atom. The number of hydrogen-bond donors (Lipinski definition) is 0. The largest absolute Gasteiger partial charge is 0.494 e. The highest BCUT2D eigenvalue weighted by Gasteiger charge is 2.19. The summed E-state index contributed by atoms with van der Waals surface area (Å²) in [6.45, 7) is 3.89. The molecule has 4 aromatic rings. The van der Waals surface area contributed by atoms with E-state index in [1.807, 2.05) is 54.7 Å². The maximum absolute atomic E-state index is 12.4. The lowest BCUT2D eigenvalue weighted by atomic mass is 9.94. The lowest BCUT2D eigenvalue weighted by Gasteiger charge is -2.31. The highest BCUT2D eigenvalue weighted by atomic mass is 16.5. The number of ether oxygens (including phenoxy) is 1. The minimum atomic E-state index is -0.0294. The van der Waals surface area contributed by atoms with Crippen molar-refractivity contribution in [2.45, 2.75) is 25.8 Å². The van der Waals surface area contributed by atoms with Crippen LogP contribution in [0.2, 0.25) is 0 Å². The fourth-order valence-corrected chi connectivity index (χ4v) is 4.46. The number of fused-ring (bicyclic) bond motifs is 1. The predicted octanol–water partition coefficient (Wildman–Crippen LogP) is 5.54. The van der Waals surface area contributed by atoms with E-state index in [1.165, 1.54) is 12.8 Å². The Morgan fingerprint density at radius 1 is 0.970 bits per heavy atom. The van der Waals surface area contributed by atoms with Gasteiger partial charge in [-0.3, -0.25) is 14.7 Å². The van der Waals surface area contributed by atoms with Crippen LogP contribution in [0.4, 0.5) is 0 Å². The lowest BCUT2D eigenvalue weighted by Crippen LogP contribution is -2.33. The normalized spacial score (nSPS) is 15.0. The lowest BCUT2D eigenvalue weighted by molar-refractivity contribution is 0.156. The molecule has 1 aliphatic rings. The maximum atomic E-state index is 12.4. The molecule has 0 saturated carbocycles. The van der Waals surface area contributed by atoms with Gasteiger partial charge in [-0.25, -0.2) is 0 Å². The van der Waals surface area contributed by atoms with Gasteiger partial charge >= 0.3 is 0 Å². The monoisotopic (exact) mass is 440 g/mol. The van der Waals surface area contributed by atoms with Crippen molar-refractivity contribution in [2.24, 2.45) is 5.92 Å². The number of nitrogens with zero attached hydrogens (tertiary/aromatic N) is 2. The molecular weight excluding hydrogens is 412 g/mol. The first-order valence-corrected chi connectivity index (χ1v) is 11.6. The summed E-state index contributed by atoms with van der Waals surface area (Å²) in [5.74, 6) is 2.12. The van der Waals surface area contributed by atoms with Gasteiger partial charge in [0, 0.05) is 24.4 Å². The van der Waals surface area contributed by atoms with Crippen molar-refractivity contribution in [3.63, 3.8) is 0 Å². The summed E-state index contributed by atoms with van der Waals surface area (Å²) in [4.78, 5) is 19.3. The van der Waals surface area contributed by atoms with Crippen LogP contribution in [0.5, 0.6) is 5.75 Å². The molecule has 0 aliphatic carbocycles. The summed E-state index contributed by atoms with van der Waals surface area (Å²) in [5.41, 5.74) is 2.58. The van der Waals surface area contributed by atoms with Gasteiger partial charge in [0.25, 0.3) is 0 Å². The first-order valence-electron chi connectivity index (χ1n) is 11.6. The molecule has 5 rings (SSSR count). The summed E-state index contributed by atoms with van der Waals surface area (Å²) in [6, 6.07) is 22.8. The topological polar surface area (TPSA) is 55.6 Å². The number of pyridine rings is 1. The second kappa shape index (κ2) is 10.0. The summed E-state index contributed by atoms with van der Waals surface area (Å²) in [5, 5.41) is 0.601. The zero-order valence-electron chi connectivity index (χ0n) is 18.7. The number of aromatic nitrogens is 1. The van der Waals surface area contributed by atoms with Gasteiger partial charge in [-0.15, -0.1) is 0 Å². The Morgan fingerprint density at radius 3 is 2.55 bits per heavy atom. The third-order valence-electron chi connectivity index (χ3n) is 6.39. The van der Waals surface area contributed by atoms with E-state index in [1.54, 1.807) is 12.1 Å². The molecule has 1 aliphatic heterocycles. The number of para-hydroxylation sites is 1. The van der Waals surface area contributed by atoms with Gasteiger partial charge in [0.2, 0.25) is 0 Å². The first-order chi connectivity index (χ1) is 16.2. The van der Waals surface area contributed by atoms with E-state index < -0.39 is 0 Å². The molecule has 0 N–H and O–H groups in total. The molecule has 1 fully saturated rings. The van der Waals surface area contributed by atoms with E-state index in [-0.39, 0.29) is 5.43 Å². The summed E-state index contributed by atoms with van der Waals surface area (Å²) < 4.78 is 11.9. The Hall–Kier alpha value is -3.44. The average Bonchev–Trinajstić information content (AvgIpc) is 2.86. The van der Waals surface area contributed by atoms with E-state index >= 15 is 0 Å². The third-order valence-corrected chi connectivity index (χ3v) is 6.39. The van der Waals surface area contributed by atoms with Crippen LogP contribution in [0, 0.1) is 5.92 Å². The van der Waals surface area contributed by atoms with Crippen LogP contribution in [0.3, 0.4) is 0 Å². The number of benzene rings is 2. The molecule has 1 saturated heterocycles. The Balaban J connectivity index is 1.10. The van der Waals surface area contributed by atoms with Crippen molar-refractivity contribution < 1.29 is 9.15 Å². The second-order valence-electron chi connectivity index (χ2n) is 8.67. The van der Waals surface area contributed by atoms with Gasteiger partial charge in [-0.05, 0) is 86.8 Å². The van der Waals surface area contributed by atoms with Crippen LogP contribution in [-0.2, 0) is 6.54 Å². The van der Waals surface area contributed by atoms with Crippen molar-refractivity contribution in [1.82, 2.24) is 9.88 Å². The molecule has 2 aromatic heterocycles.